The molecule has 2 fully saturated rings. The van der Waals surface area contributed by atoms with Crippen LogP contribution in [0, 0.1) is 10.8 Å². The Morgan fingerprint density at radius 1 is 0.929 bits per heavy atom. The van der Waals surface area contributed by atoms with E-state index in [0.717, 1.165) is 13.1 Å². The molecule has 1 atom stereocenters. The summed E-state index contributed by atoms with van der Waals surface area (Å²) in [5, 5.41) is 4.30. The van der Waals surface area contributed by atoms with Gasteiger partial charge in [0.05, 0.1) is 6.54 Å². The Morgan fingerprint density at radius 2 is 1.64 bits per heavy atom. The van der Waals surface area contributed by atoms with Gasteiger partial charge < -0.3 is 4.90 Å². The zero-order valence-electron chi connectivity index (χ0n) is 17.9. The lowest BCUT2D eigenvalue weighted by atomic mass is 9.78. The van der Waals surface area contributed by atoms with Gasteiger partial charge in [0, 0.05) is 38.6 Å². The molecule has 152 valence electrons. The van der Waals surface area contributed by atoms with Crippen molar-refractivity contribution < 1.29 is 0 Å². The number of aromatic nitrogens is 2. The molecular weight excluding hydrogens is 344 g/mol. The van der Waals surface area contributed by atoms with Crippen molar-refractivity contribution in [3.05, 3.63) is 53.9 Å². The normalized spacial score (nSPS) is 24.2. The van der Waals surface area contributed by atoms with Gasteiger partial charge in [-0.25, -0.2) is 0 Å². The van der Waals surface area contributed by atoms with Crippen LogP contribution in [-0.2, 0) is 13.1 Å². The SMILES string of the molecule is CC(C)(C)CN1CCCC2(CCN(Cc3ccc(Cn4cccn4)cc3)C2)C1. The molecule has 0 bridgehead atoms. The fourth-order valence-electron chi connectivity index (χ4n) is 5.20. The topological polar surface area (TPSA) is 24.3 Å². The lowest BCUT2D eigenvalue weighted by Crippen LogP contribution is -2.47. The Labute approximate surface area is 170 Å². The van der Waals surface area contributed by atoms with Crippen LogP contribution >= 0.6 is 0 Å². The third-order valence-corrected chi connectivity index (χ3v) is 6.29. The molecule has 0 N–H and O–H groups in total. The van der Waals surface area contributed by atoms with E-state index in [4.69, 9.17) is 0 Å². The molecule has 2 aliphatic heterocycles. The van der Waals surface area contributed by atoms with Gasteiger partial charge in [-0.3, -0.25) is 9.58 Å². The third kappa shape index (κ3) is 5.03. The van der Waals surface area contributed by atoms with Gasteiger partial charge in [0.1, 0.15) is 0 Å². The quantitative estimate of drug-likeness (QED) is 0.774. The van der Waals surface area contributed by atoms with Crippen molar-refractivity contribution in [2.75, 3.05) is 32.7 Å². The highest BCUT2D eigenvalue weighted by atomic mass is 15.3. The molecule has 1 aromatic heterocycles. The van der Waals surface area contributed by atoms with Crippen LogP contribution in [0.2, 0.25) is 0 Å². The van der Waals surface area contributed by atoms with Gasteiger partial charge in [-0.1, -0.05) is 45.0 Å². The van der Waals surface area contributed by atoms with Gasteiger partial charge in [-0.05, 0) is 60.4 Å². The van der Waals surface area contributed by atoms with E-state index in [1.165, 1.54) is 63.1 Å². The Balaban J connectivity index is 1.32. The Morgan fingerprint density at radius 3 is 2.32 bits per heavy atom. The van der Waals surface area contributed by atoms with Gasteiger partial charge >= 0.3 is 0 Å². The molecule has 0 radical (unpaired) electrons. The van der Waals surface area contributed by atoms with Gasteiger partial charge in [0.15, 0.2) is 0 Å². The monoisotopic (exact) mass is 380 g/mol. The molecular formula is C24H36N4. The molecule has 2 aromatic rings. The van der Waals surface area contributed by atoms with Crippen molar-refractivity contribution in [2.24, 2.45) is 10.8 Å². The predicted octanol–water partition coefficient (Wildman–Crippen LogP) is 4.27. The van der Waals surface area contributed by atoms with Crippen LogP contribution in [0.25, 0.3) is 0 Å². The summed E-state index contributed by atoms with van der Waals surface area (Å²) < 4.78 is 1.98. The average molecular weight is 381 g/mol. The number of benzene rings is 1. The Hall–Kier alpha value is -1.65. The van der Waals surface area contributed by atoms with Crippen LogP contribution in [0.1, 0.15) is 51.2 Å². The first-order valence-corrected chi connectivity index (χ1v) is 10.9. The summed E-state index contributed by atoms with van der Waals surface area (Å²) in [4.78, 5) is 5.42. The molecule has 2 saturated heterocycles. The largest absolute Gasteiger partial charge is 0.302 e. The Kier molecular flexibility index (Phi) is 5.62. The summed E-state index contributed by atoms with van der Waals surface area (Å²) in [6.07, 6.45) is 8.00. The maximum absolute atomic E-state index is 4.30. The van der Waals surface area contributed by atoms with Crippen molar-refractivity contribution in [1.82, 2.24) is 19.6 Å². The molecule has 0 amide bonds. The smallest absolute Gasteiger partial charge is 0.0659 e. The van der Waals surface area contributed by atoms with Crippen LogP contribution < -0.4 is 0 Å². The van der Waals surface area contributed by atoms with Crippen LogP contribution in [-0.4, -0.2) is 52.3 Å². The third-order valence-electron chi connectivity index (χ3n) is 6.29. The minimum atomic E-state index is 0.398. The molecule has 4 rings (SSSR count). The lowest BCUT2D eigenvalue weighted by molar-refractivity contribution is 0.0673. The predicted molar refractivity (Wildman–Crippen MR) is 115 cm³/mol. The highest BCUT2D eigenvalue weighted by molar-refractivity contribution is 5.23. The van der Waals surface area contributed by atoms with Crippen molar-refractivity contribution in [2.45, 2.75) is 53.1 Å². The van der Waals surface area contributed by atoms with Gasteiger partial charge in [0.25, 0.3) is 0 Å². The number of nitrogens with zero attached hydrogens (tertiary/aromatic N) is 4. The summed E-state index contributed by atoms with van der Waals surface area (Å²) in [6.45, 7) is 15.4. The molecule has 28 heavy (non-hydrogen) atoms. The molecule has 1 aromatic carbocycles. The molecule has 1 unspecified atom stereocenters. The van der Waals surface area contributed by atoms with Crippen molar-refractivity contribution in [3.63, 3.8) is 0 Å². The summed E-state index contributed by atoms with van der Waals surface area (Å²) in [5.41, 5.74) is 3.68. The van der Waals surface area contributed by atoms with Crippen LogP contribution in [0.3, 0.4) is 0 Å². The van der Waals surface area contributed by atoms with E-state index < -0.39 is 0 Å². The Bertz CT molecular complexity index is 744. The molecule has 1 spiro atoms. The summed E-state index contributed by atoms with van der Waals surface area (Å²) in [7, 11) is 0. The molecule has 0 saturated carbocycles. The number of likely N-dealkylation sites (tertiary alicyclic amines) is 2. The van der Waals surface area contributed by atoms with Crippen LogP contribution in [0.15, 0.2) is 42.7 Å². The highest BCUT2D eigenvalue weighted by Gasteiger charge is 2.41. The fraction of sp³-hybridized carbons (Fsp3) is 0.625. The maximum atomic E-state index is 4.30. The van der Waals surface area contributed by atoms with Gasteiger partial charge in [0.2, 0.25) is 0 Å². The van der Waals surface area contributed by atoms with Crippen LogP contribution in [0.5, 0.6) is 0 Å². The molecule has 0 aliphatic carbocycles. The maximum Gasteiger partial charge on any atom is 0.0659 e. The van der Waals surface area contributed by atoms with Crippen molar-refractivity contribution in [3.8, 4) is 0 Å². The number of hydrogen-bond acceptors (Lipinski definition) is 3. The zero-order chi connectivity index (χ0) is 19.6. The number of piperidine rings is 1. The van der Waals surface area contributed by atoms with Gasteiger partial charge in [-0.2, -0.15) is 5.10 Å². The van der Waals surface area contributed by atoms with E-state index in [-0.39, 0.29) is 0 Å². The second-order valence-corrected chi connectivity index (χ2v) is 10.4. The number of hydrogen-bond donors (Lipinski definition) is 0. The average Bonchev–Trinajstić information content (AvgIpc) is 3.26. The fourth-order valence-corrected chi connectivity index (χ4v) is 5.20. The van der Waals surface area contributed by atoms with Crippen molar-refractivity contribution in [1.29, 1.82) is 0 Å². The first-order chi connectivity index (χ1) is 13.4. The molecule has 4 heteroatoms. The molecule has 4 nitrogen and oxygen atoms in total. The first kappa shape index (κ1) is 19.7. The molecule has 2 aliphatic rings. The number of rotatable bonds is 5. The summed E-state index contributed by atoms with van der Waals surface area (Å²) in [6, 6.07) is 11.1. The lowest BCUT2D eigenvalue weighted by Gasteiger charge is -2.42. The van der Waals surface area contributed by atoms with E-state index in [0.29, 0.717) is 10.8 Å². The highest BCUT2D eigenvalue weighted by Crippen LogP contribution is 2.40. The van der Waals surface area contributed by atoms with Gasteiger partial charge in [-0.15, -0.1) is 0 Å². The van der Waals surface area contributed by atoms with E-state index >= 15 is 0 Å². The minimum Gasteiger partial charge on any atom is -0.302 e. The van der Waals surface area contributed by atoms with E-state index in [9.17, 15) is 0 Å². The molecule has 3 heterocycles. The second-order valence-electron chi connectivity index (χ2n) is 10.4. The zero-order valence-corrected chi connectivity index (χ0v) is 17.9. The standard InChI is InChI=1S/C24H36N4/c1-23(2,3)18-27-13-4-10-24(20-27)11-15-26(19-24)16-21-6-8-22(9-7-21)17-28-14-5-12-25-28/h5-9,12,14H,4,10-11,13,15-20H2,1-3H3. The minimum absolute atomic E-state index is 0.398. The summed E-state index contributed by atoms with van der Waals surface area (Å²) in [5.74, 6) is 0. The first-order valence-electron chi connectivity index (χ1n) is 10.9. The van der Waals surface area contributed by atoms with E-state index in [1.807, 2.05) is 23.1 Å². The van der Waals surface area contributed by atoms with Crippen LogP contribution in [0.4, 0.5) is 0 Å². The van der Waals surface area contributed by atoms with E-state index in [1.54, 1.807) is 0 Å². The second kappa shape index (κ2) is 8.00. The summed E-state index contributed by atoms with van der Waals surface area (Å²) >= 11 is 0. The van der Waals surface area contributed by atoms with E-state index in [2.05, 4.69) is 59.9 Å². The van der Waals surface area contributed by atoms with Crippen molar-refractivity contribution >= 4 is 0 Å².